The maximum Gasteiger partial charge on any atom is 0.256 e. The van der Waals surface area contributed by atoms with Crippen LogP contribution in [-0.4, -0.2) is 40.6 Å². The lowest BCUT2D eigenvalue weighted by atomic mass is 10.1. The maximum absolute atomic E-state index is 12.2. The first kappa shape index (κ1) is 11.8. The van der Waals surface area contributed by atoms with Crippen LogP contribution in [0.4, 0.5) is 5.69 Å². The molecule has 1 aromatic rings. The molecule has 1 atom stereocenters. The Kier molecular flexibility index (Phi) is 3.55. The number of anilines is 1. The molecule has 0 aliphatic carbocycles. The molecule has 6 heteroatoms. The monoisotopic (exact) mass is 236 g/mol. The molecule has 92 valence electrons. The summed E-state index contributed by atoms with van der Waals surface area (Å²) in [6.45, 7) is 1.40. The van der Waals surface area contributed by atoms with E-state index in [1.807, 2.05) is 0 Å². The summed E-state index contributed by atoms with van der Waals surface area (Å²) >= 11 is 0. The van der Waals surface area contributed by atoms with Crippen LogP contribution in [0.25, 0.3) is 0 Å². The Labute approximate surface area is 99.4 Å². The normalized spacial score (nSPS) is 19.4. The maximum atomic E-state index is 12.2. The second kappa shape index (κ2) is 5.11. The molecule has 17 heavy (non-hydrogen) atoms. The number of rotatable bonds is 3. The molecule has 1 unspecified atom stereocenters. The van der Waals surface area contributed by atoms with Gasteiger partial charge < -0.3 is 15.4 Å². The highest BCUT2D eigenvalue weighted by molar-refractivity contribution is 5.99. The third-order valence-corrected chi connectivity index (χ3v) is 3.04. The van der Waals surface area contributed by atoms with Crippen molar-refractivity contribution in [3.63, 3.8) is 0 Å². The highest BCUT2D eigenvalue weighted by atomic mass is 16.3. The summed E-state index contributed by atoms with van der Waals surface area (Å²) in [6, 6.07) is 1.64. The van der Waals surface area contributed by atoms with Crippen LogP contribution in [0.1, 0.15) is 16.8 Å². The molecule has 1 aromatic heterocycles. The molecule has 1 amide bonds. The van der Waals surface area contributed by atoms with Gasteiger partial charge in [0.05, 0.1) is 17.4 Å². The first-order valence-electron chi connectivity index (χ1n) is 5.57. The molecule has 6 nitrogen and oxygen atoms in total. The molecular formula is C11H16N4O2. The Morgan fingerprint density at radius 3 is 3.18 bits per heavy atom. The average molecular weight is 236 g/mol. The molecule has 0 saturated carbocycles. The van der Waals surface area contributed by atoms with Gasteiger partial charge in [-0.1, -0.05) is 0 Å². The van der Waals surface area contributed by atoms with E-state index in [4.69, 9.17) is 10.9 Å². The van der Waals surface area contributed by atoms with E-state index in [9.17, 15) is 4.79 Å². The zero-order valence-corrected chi connectivity index (χ0v) is 9.47. The van der Waals surface area contributed by atoms with Crippen molar-refractivity contribution in [3.8, 4) is 0 Å². The fraction of sp³-hybridized carbons (Fsp3) is 0.455. The summed E-state index contributed by atoms with van der Waals surface area (Å²) in [5.74, 6) is 5.46. The molecule has 0 radical (unpaired) electrons. The minimum absolute atomic E-state index is 0.0729. The Morgan fingerprint density at radius 1 is 1.71 bits per heavy atom. The number of nitrogen functional groups attached to an aromatic ring is 1. The van der Waals surface area contributed by atoms with Crippen LogP contribution in [0.5, 0.6) is 0 Å². The molecule has 2 rings (SSSR count). The number of carbonyl (C=O) groups excluding carboxylic acids is 1. The van der Waals surface area contributed by atoms with Crippen molar-refractivity contribution >= 4 is 11.6 Å². The van der Waals surface area contributed by atoms with Gasteiger partial charge in [-0.25, -0.2) is 0 Å². The van der Waals surface area contributed by atoms with Crippen LogP contribution in [-0.2, 0) is 0 Å². The average Bonchev–Trinajstić information content (AvgIpc) is 2.86. The van der Waals surface area contributed by atoms with E-state index >= 15 is 0 Å². The summed E-state index contributed by atoms with van der Waals surface area (Å²) in [5.41, 5.74) is 3.50. The standard InChI is InChI=1S/C11H16N4O2/c12-14-10-5-13-3-1-9(10)11(17)15-4-2-8(6-15)7-16/h1,3,5,8,14,16H,2,4,6-7,12H2. The van der Waals surface area contributed by atoms with Crippen molar-refractivity contribution in [2.45, 2.75) is 6.42 Å². The zero-order chi connectivity index (χ0) is 12.3. The molecule has 0 aromatic carbocycles. The molecule has 2 heterocycles. The molecule has 1 aliphatic rings. The van der Waals surface area contributed by atoms with E-state index in [2.05, 4.69) is 10.4 Å². The molecule has 0 bridgehead atoms. The molecule has 1 saturated heterocycles. The van der Waals surface area contributed by atoms with Crippen molar-refractivity contribution in [3.05, 3.63) is 24.0 Å². The number of nitrogens with zero attached hydrogens (tertiary/aromatic N) is 2. The van der Waals surface area contributed by atoms with Gasteiger partial charge in [0, 0.05) is 31.8 Å². The van der Waals surface area contributed by atoms with E-state index in [0.29, 0.717) is 24.3 Å². The van der Waals surface area contributed by atoms with E-state index < -0.39 is 0 Å². The Bertz CT molecular complexity index is 410. The number of hydrogen-bond acceptors (Lipinski definition) is 5. The van der Waals surface area contributed by atoms with Gasteiger partial charge in [-0.3, -0.25) is 15.6 Å². The van der Waals surface area contributed by atoms with Gasteiger partial charge in [-0.05, 0) is 12.5 Å². The summed E-state index contributed by atoms with van der Waals surface area (Å²) in [5, 5.41) is 9.06. The van der Waals surface area contributed by atoms with Crippen LogP contribution in [0.3, 0.4) is 0 Å². The van der Waals surface area contributed by atoms with Crippen molar-refractivity contribution in [2.75, 3.05) is 25.1 Å². The largest absolute Gasteiger partial charge is 0.396 e. The van der Waals surface area contributed by atoms with Crippen LogP contribution >= 0.6 is 0 Å². The molecule has 1 fully saturated rings. The Hall–Kier alpha value is -1.66. The number of aliphatic hydroxyl groups excluding tert-OH is 1. The SMILES string of the molecule is NNc1cnccc1C(=O)N1CCC(CO)C1. The minimum atomic E-state index is -0.0729. The van der Waals surface area contributed by atoms with Gasteiger partial charge in [0.2, 0.25) is 0 Å². The lowest BCUT2D eigenvalue weighted by Crippen LogP contribution is -2.30. The summed E-state index contributed by atoms with van der Waals surface area (Å²) in [6.07, 6.45) is 3.93. The van der Waals surface area contributed by atoms with E-state index in [1.165, 1.54) is 6.20 Å². The van der Waals surface area contributed by atoms with Gasteiger partial charge >= 0.3 is 0 Å². The third kappa shape index (κ3) is 2.37. The van der Waals surface area contributed by atoms with Crippen LogP contribution in [0.15, 0.2) is 18.5 Å². The number of aliphatic hydroxyl groups is 1. The topological polar surface area (TPSA) is 91.5 Å². The summed E-state index contributed by atoms with van der Waals surface area (Å²) in [7, 11) is 0. The van der Waals surface area contributed by atoms with Crippen LogP contribution in [0, 0.1) is 5.92 Å². The number of nitrogens with one attached hydrogen (secondary N) is 1. The van der Waals surface area contributed by atoms with Crippen molar-refractivity contribution < 1.29 is 9.90 Å². The lowest BCUT2D eigenvalue weighted by molar-refractivity contribution is 0.0782. The van der Waals surface area contributed by atoms with E-state index in [1.54, 1.807) is 17.2 Å². The van der Waals surface area contributed by atoms with Gasteiger partial charge in [0.15, 0.2) is 0 Å². The van der Waals surface area contributed by atoms with Crippen LogP contribution in [0.2, 0.25) is 0 Å². The number of hydrazine groups is 1. The number of hydrogen-bond donors (Lipinski definition) is 3. The second-order valence-corrected chi connectivity index (χ2v) is 4.15. The van der Waals surface area contributed by atoms with Gasteiger partial charge in [0.25, 0.3) is 5.91 Å². The number of carbonyl (C=O) groups is 1. The summed E-state index contributed by atoms with van der Waals surface area (Å²) < 4.78 is 0. The number of amides is 1. The fourth-order valence-corrected chi connectivity index (χ4v) is 2.03. The van der Waals surface area contributed by atoms with Gasteiger partial charge in [-0.2, -0.15) is 0 Å². The van der Waals surface area contributed by atoms with Crippen molar-refractivity contribution in [1.29, 1.82) is 0 Å². The zero-order valence-electron chi connectivity index (χ0n) is 9.47. The predicted molar refractivity (Wildman–Crippen MR) is 63.1 cm³/mol. The first-order valence-corrected chi connectivity index (χ1v) is 5.57. The smallest absolute Gasteiger partial charge is 0.256 e. The van der Waals surface area contributed by atoms with Gasteiger partial charge in [-0.15, -0.1) is 0 Å². The van der Waals surface area contributed by atoms with Crippen molar-refractivity contribution in [2.24, 2.45) is 11.8 Å². The molecular weight excluding hydrogens is 220 g/mol. The number of pyridine rings is 1. The Morgan fingerprint density at radius 2 is 2.53 bits per heavy atom. The second-order valence-electron chi connectivity index (χ2n) is 4.15. The predicted octanol–water partition coefficient (Wildman–Crippen LogP) is -0.178. The number of aromatic nitrogens is 1. The number of nitrogens with two attached hydrogens (primary N) is 1. The van der Waals surface area contributed by atoms with E-state index in [0.717, 1.165) is 6.42 Å². The first-order chi connectivity index (χ1) is 8.26. The van der Waals surface area contributed by atoms with E-state index in [-0.39, 0.29) is 18.4 Å². The summed E-state index contributed by atoms with van der Waals surface area (Å²) in [4.78, 5) is 17.8. The quantitative estimate of drug-likeness (QED) is 0.500. The third-order valence-electron chi connectivity index (χ3n) is 3.04. The molecule has 4 N–H and O–H groups in total. The minimum Gasteiger partial charge on any atom is -0.396 e. The Balaban J connectivity index is 2.15. The highest BCUT2D eigenvalue weighted by Crippen LogP contribution is 2.21. The number of likely N-dealkylation sites (tertiary alicyclic amines) is 1. The molecule has 0 spiro atoms. The molecule has 1 aliphatic heterocycles. The highest BCUT2D eigenvalue weighted by Gasteiger charge is 2.27. The van der Waals surface area contributed by atoms with Crippen molar-refractivity contribution in [1.82, 2.24) is 9.88 Å². The van der Waals surface area contributed by atoms with Gasteiger partial charge in [0.1, 0.15) is 0 Å². The van der Waals surface area contributed by atoms with Crippen LogP contribution < -0.4 is 11.3 Å². The fourth-order valence-electron chi connectivity index (χ4n) is 2.03. The lowest BCUT2D eigenvalue weighted by Gasteiger charge is -2.17.